The summed E-state index contributed by atoms with van der Waals surface area (Å²) in [5.41, 5.74) is -0.717. The monoisotopic (exact) mass is 375 g/mol. The maximum absolute atomic E-state index is 12.9. The average Bonchev–Trinajstić information content (AvgIpc) is 3.35. The molecule has 9 heteroatoms. The second kappa shape index (κ2) is 7.30. The molecule has 1 saturated carbocycles. The third kappa shape index (κ3) is 3.55. The number of aromatic nitrogens is 4. The van der Waals surface area contributed by atoms with Gasteiger partial charge in [-0.1, -0.05) is 30.8 Å². The van der Waals surface area contributed by atoms with Gasteiger partial charge in [-0.05, 0) is 25.7 Å². The summed E-state index contributed by atoms with van der Waals surface area (Å²) < 4.78 is 12.6. The fourth-order valence-electron chi connectivity index (χ4n) is 4.05. The van der Waals surface area contributed by atoms with E-state index in [9.17, 15) is 9.59 Å². The summed E-state index contributed by atoms with van der Waals surface area (Å²) in [6.45, 7) is 0.700. The number of hydrogen-bond donors (Lipinski definition) is 2. The lowest BCUT2D eigenvalue weighted by Crippen LogP contribution is -2.47. The van der Waals surface area contributed by atoms with Crippen LogP contribution in [-0.4, -0.2) is 32.4 Å². The standard InChI is InChI=1S/C18H25N5O4/c1-23-12(11-14(24)21-23)15(25)20-18(8-4-2-3-5-9-18)17-19-16(27-22-17)13-7-6-10-26-13/h11,13H,2-10H2,1H3,(H,20,25)(H,21,24). The lowest BCUT2D eigenvalue weighted by Gasteiger charge is -2.30. The van der Waals surface area contributed by atoms with Crippen molar-refractivity contribution in [2.45, 2.75) is 63.0 Å². The molecule has 9 nitrogen and oxygen atoms in total. The van der Waals surface area contributed by atoms with Crippen LogP contribution in [0.4, 0.5) is 0 Å². The molecule has 2 fully saturated rings. The first-order chi connectivity index (χ1) is 13.1. The molecule has 1 atom stereocenters. The fourth-order valence-corrected chi connectivity index (χ4v) is 4.05. The van der Waals surface area contributed by atoms with E-state index in [0.717, 1.165) is 51.4 Å². The van der Waals surface area contributed by atoms with Crippen LogP contribution in [0.3, 0.4) is 0 Å². The largest absolute Gasteiger partial charge is 0.368 e. The summed E-state index contributed by atoms with van der Waals surface area (Å²) in [6.07, 6.45) is 7.32. The van der Waals surface area contributed by atoms with Crippen molar-refractivity contribution in [3.63, 3.8) is 0 Å². The van der Waals surface area contributed by atoms with E-state index < -0.39 is 5.54 Å². The molecule has 146 valence electrons. The van der Waals surface area contributed by atoms with E-state index in [-0.39, 0.29) is 23.3 Å². The Morgan fingerprint density at radius 2 is 2.07 bits per heavy atom. The number of carbonyl (C=O) groups is 1. The number of nitrogens with zero attached hydrogens (tertiary/aromatic N) is 3. The minimum Gasteiger partial charge on any atom is -0.368 e. The van der Waals surface area contributed by atoms with Gasteiger partial charge in [-0.2, -0.15) is 4.98 Å². The molecule has 2 aliphatic rings. The van der Waals surface area contributed by atoms with Gasteiger partial charge >= 0.3 is 0 Å². The second-order valence-electron chi connectivity index (χ2n) is 7.47. The Hall–Kier alpha value is -2.42. The van der Waals surface area contributed by atoms with E-state index in [1.165, 1.54) is 10.7 Å². The Kier molecular flexibility index (Phi) is 4.86. The molecule has 2 aromatic heterocycles. The van der Waals surface area contributed by atoms with E-state index in [1.54, 1.807) is 7.05 Å². The minimum absolute atomic E-state index is 0.157. The van der Waals surface area contributed by atoms with Gasteiger partial charge in [-0.15, -0.1) is 0 Å². The van der Waals surface area contributed by atoms with Gasteiger partial charge in [0.25, 0.3) is 17.4 Å². The highest BCUT2D eigenvalue weighted by Crippen LogP contribution is 2.36. The number of aryl methyl sites for hydroxylation is 1. The van der Waals surface area contributed by atoms with Crippen molar-refractivity contribution in [3.05, 3.63) is 33.8 Å². The van der Waals surface area contributed by atoms with Crippen LogP contribution in [0.15, 0.2) is 15.4 Å². The molecule has 0 radical (unpaired) electrons. The van der Waals surface area contributed by atoms with Gasteiger partial charge in [-0.3, -0.25) is 19.4 Å². The Morgan fingerprint density at radius 1 is 1.30 bits per heavy atom. The van der Waals surface area contributed by atoms with Gasteiger partial charge in [0.15, 0.2) is 5.82 Å². The fraction of sp³-hybridized carbons (Fsp3) is 0.667. The molecule has 0 spiro atoms. The Labute approximate surface area is 156 Å². The van der Waals surface area contributed by atoms with Crippen molar-refractivity contribution in [3.8, 4) is 0 Å². The van der Waals surface area contributed by atoms with Gasteiger partial charge in [-0.25, -0.2) is 0 Å². The molecule has 1 saturated heterocycles. The van der Waals surface area contributed by atoms with Crippen LogP contribution >= 0.6 is 0 Å². The number of aromatic amines is 1. The van der Waals surface area contributed by atoms with E-state index in [2.05, 4.69) is 20.6 Å². The molecule has 3 heterocycles. The van der Waals surface area contributed by atoms with Gasteiger partial charge in [0.1, 0.15) is 17.3 Å². The highest BCUT2D eigenvalue weighted by Gasteiger charge is 2.40. The Morgan fingerprint density at radius 3 is 2.70 bits per heavy atom. The molecule has 0 bridgehead atoms. The summed E-state index contributed by atoms with van der Waals surface area (Å²) in [6, 6.07) is 1.30. The maximum Gasteiger partial charge on any atom is 0.270 e. The Balaban J connectivity index is 1.64. The molecule has 1 amide bonds. The summed E-state index contributed by atoms with van der Waals surface area (Å²) in [5.74, 6) is 0.666. The molecule has 0 aromatic carbocycles. The minimum atomic E-state index is -0.693. The predicted octanol–water partition coefficient (Wildman–Crippen LogP) is 1.93. The summed E-state index contributed by atoms with van der Waals surface area (Å²) in [4.78, 5) is 29.1. The first-order valence-electron chi connectivity index (χ1n) is 9.62. The van der Waals surface area contributed by atoms with Gasteiger partial charge in [0.2, 0.25) is 0 Å². The molecular weight excluding hydrogens is 350 g/mol. The van der Waals surface area contributed by atoms with E-state index in [0.29, 0.717) is 18.3 Å². The molecular formula is C18H25N5O4. The number of nitrogens with one attached hydrogen (secondary N) is 2. The van der Waals surface area contributed by atoms with Gasteiger partial charge < -0.3 is 14.6 Å². The number of ether oxygens (including phenoxy) is 1. The van der Waals surface area contributed by atoms with E-state index >= 15 is 0 Å². The highest BCUT2D eigenvalue weighted by atomic mass is 16.5. The van der Waals surface area contributed by atoms with Crippen LogP contribution in [0, 0.1) is 0 Å². The lowest BCUT2D eigenvalue weighted by molar-refractivity contribution is 0.0833. The van der Waals surface area contributed by atoms with Crippen LogP contribution in [0.1, 0.15) is 79.7 Å². The molecule has 27 heavy (non-hydrogen) atoms. The van der Waals surface area contributed by atoms with Crippen molar-refractivity contribution in [2.24, 2.45) is 7.05 Å². The molecule has 1 aliphatic heterocycles. The summed E-state index contributed by atoms with van der Waals surface area (Å²) in [5, 5.41) is 9.90. The lowest BCUT2D eigenvalue weighted by atomic mass is 9.89. The van der Waals surface area contributed by atoms with Crippen molar-refractivity contribution in [1.82, 2.24) is 25.2 Å². The normalized spacial score (nSPS) is 22.5. The maximum atomic E-state index is 12.9. The predicted molar refractivity (Wildman–Crippen MR) is 95.1 cm³/mol. The molecule has 2 aromatic rings. The third-order valence-electron chi connectivity index (χ3n) is 5.52. The number of carbonyl (C=O) groups excluding carboxylic acids is 1. The van der Waals surface area contributed by atoms with Gasteiger partial charge in [0.05, 0.1) is 0 Å². The van der Waals surface area contributed by atoms with Crippen molar-refractivity contribution >= 4 is 5.91 Å². The van der Waals surface area contributed by atoms with Crippen LogP contribution in [-0.2, 0) is 17.3 Å². The average molecular weight is 375 g/mol. The number of hydrogen-bond acceptors (Lipinski definition) is 6. The molecule has 4 rings (SSSR count). The topological polar surface area (TPSA) is 115 Å². The third-order valence-corrected chi connectivity index (χ3v) is 5.52. The van der Waals surface area contributed by atoms with Crippen LogP contribution in [0.2, 0.25) is 0 Å². The second-order valence-corrected chi connectivity index (χ2v) is 7.47. The molecule has 1 aliphatic carbocycles. The number of rotatable bonds is 4. The van der Waals surface area contributed by atoms with Crippen LogP contribution < -0.4 is 10.9 Å². The zero-order valence-corrected chi connectivity index (χ0v) is 15.5. The summed E-state index contributed by atoms with van der Waals surface area (Å²) in [7, 11) is 1.64. The SMILES string of the molecule is Cn1[nH]c(=O)cc1C(=O)NC1(c2noc(C3CCCO3)n2)CCCCCC1. The zero-order chi connectivity index (χ0) is 18.9. The van der Waals surface area contributed by atoms with E-state index in [4.69, 9.17) is 9.26 Å². The van der Waals surface area contributed by atoms with Crippen LogP contribution in [0.25, 0.3) is 0 Å². The van der Waals surface area contributed by atoms with E-state index in [1.807, 2.05) is 0 Å². The highest BCUT2D eigenvalue weighted by molar-refractivity contribution is 5.93. The molecule has 1 unspecified atom stereocenters. The quantitative estimate of drug-likeness (QED) is 0.789. The van der Waals surface area contributed by atoms with Gasteiger partial charge in [0, 0.05) is 19.7 Å². The van der Waals surface area contributed by atoms with Crippen molar-refractivity contribution in [1.29, 1.82) is 0 Å². The zero-order valence-electron chi connectivity index (χ0n) is 15.5. The summed E-state index contributed by atoms with van der Waals surface area (Å²) >= 11 is 0. The number of amides is 1. The van der Waals surface area contributed by atoms with Crippen molar-refractivity contribution in [2.75, 3.05) is 6.61 Å². The first-order valence-corrected chi connectivity index (χ1v) is 9.62. The smallest absolute Gasteiger partial charge is 0.270 e. The van der Waals surface area contributed by atoms with Crippen LogP contribution in [0.5, 0.6) is 0 Å². The Bertz CT molecular complexity index is 853. The van der Waals surface area contributed by atoms with Crippen molar-refractivity contribution < 1.29 is 14.1 Å². The molecule has 2 N–H and O–H groups in total. The number of H-pyrrole nitrogens is 1. The first kappa shape index (κ1) is 18.0.